The molecule has 0 atom stereocenters. The number of carbonyl (C=O) groups is 1. The van der Waals surface area contributed by atoms with E-state index in [0.29, 0.717) is 16.9 Å². The van der Waals surface area contributed by atoms with Crippen LogP contribution in [-0.4, -0.2) is 22.6 Å². The van der Waals surface area contributed by atoms with E-state index < -0.39 is 0 Å². The number of nitrogens with one attached hydrogen (secondary N) is 1. The van der Waals surface area contributed by atoms with Crippen LogP contribution in [0.3, 0.4) is 0 Å². The Bertz CT molecular complexity index is 434. The van der Waals surface area contributed by atoms with Crippen LogP contribution >= 0.6 is 0 Å². The van der Waals surface area contributed by atoms with Crippen molar-refractivity contribution in [2.45, 2.75) is 13.8 Å². The van der Waals surface area contributed by atoms with Crippen molar-refractivity contribution in [3.63, 3.8) is 0 Å². The first-order valence-electron chi connectivity index (χ1n) is 4.25. The Morgan fingerprint density at radius 3 is 2.50 bits per heavy atom. The Hall–Kier alpha value is -1.65. The summed E-state index contributed by atoms with van der Waals surface area (Å²) in [6.07, 6.45) is 0. The summed E-state index contributed by atoms with van der Waals surface area (Å²) in [6, 6.07) is 0. The van der Waals surface area contributed by atoms with Crippen molar-refractivity contribution in [3.05, 3.63) is 21.6 Å². The highest BCUT2D eigenvalue weighted by molar-refractivity contribution is 6.00. The molecule has 0 radical (unpaired) electrons. The van der Waals surface area contributed by atoms with E-state index in [-0.39, 0.29) is 11.3 Å². The monoisotopic (exact) mass is 195 g/mol. The van der Waals surface area contributed by atoms with Crippen LogP contribution in [0.25, 0.3) is 0 Å². The van der Waals surface area contributed by atoms with E-state index in [1.807, 2.05) is 0 Å². The number of aryl methyl sites for hydroxylation is 2. The number of carbonyl (C=O) groups excluding carboxylic acids is 1. The van der Waals surface area contributed by atoms with Gasteiger partial charge in [-0.15, -0.1) is 0 Å². The highest BCUT2D eigenvalue weighted by Gasteiger charge is 2.15. The summed E-state index contributed by atoms with van der Waals surface area (Å²) in [4.78, 5) is 22.8. The second-order valence-corrected chi connectivity index (χ2v) is 3.07. The first kappa shape index (κ1) is 10.4. The zero-order valence-electron chi connectivity index (χ0n) is 8.71. The molecular weight excluding hydrogens is 182 g/mol. The van der Waals surface area contributed by atoms with Crippen LogP contribution in [0.4, 0.5) is 5.69 Å². The Kier molecular flexibility index (Phi) is 2.69. The number of hydrogen-bond donors (Lipinski definition) is 1. The third kappa shape index (κ3) is 1.53. The fraction of sp³-hybridized carbons (Fsp3) is 0.444. The van der Waals surface area contributed by atoms with Gasteiger partial charge < -0.3 is 5.32 Å². The molecule has 0 bridgehead atoms. The number of aromatic nitrogens is 2. The summed E-state index contributed by atoms with van der Waals surface area (Å²) in [5, 5.41) is 6.68. The molecule has 14 heavy (non-hydrogen) atoms. The predicted molar refractivity (Wildman–Crippen MR) is 53.8 cm³/mol. The largest absolute Gasteiger partial charge is 0.383 e. The highest BCUT2D eigenvalue weighted by atomic mass is 16.1. The third-order valence-electron chi connectivity index (χ3n) is 2.02. The minimum atomic E-state index is -0.289. The van der Waals surface area contributed by atoms with Gasteiger partial charge in [0.25, 0.3) is 5.56 Å². The quantitative estimate of drug-likeness (QED) is 0.691. The standard InChI is InChI=1S/C9H13N3O2/c1-5-7(6(2)13)8(10-3)9(14)12(4)11-5/h10H,1-4H3. The maximum atomic E-state index is 11.6. The Balaban J connectivity index is 3.64. The van der Waals surface area contributed by atoms with Gasteiger partial charge in [-0.05, 0) is 13.8 Å². The van der Waals surface area contributed by atoms with Gasteiger partial charge in [-0.1, -0.05) is 0 Å². The molecule has 5 heteroatoms. The van der Waals surface area contributed by atoms with Crippen LogP contribution < -0.4 is 10.9 Å². The number of nitrogens with zero attached hydrogens (tertiary/aromatic N) is 2. The molecule has 0 fully saturated rings. The minimum Gasteiger partial charge on any atom is -0.383 e. The van der Waals surface area contributed by atoms with Crippen molar-refractivity contribution in [1.29, 1.82) is 0 Å². The highest BCUT2D eigenvalue weighted by Crippen LogP contribution is 2.12. The van der Waals surface area contributed by atoms with Crippen LogP contribution in [0.2, 0.25) is 0 Å². The smallest absolute Gasteiger partial charge is 0.290 e. The van der Waals surface area contributed by atoms with Crippen molar-refractivity contribution in [3.8, 4) is 0 Å². The maximum absolute atomic E-state index is 11.6. The second-order valence-electron chi connectivity index (χ2n) is 3.07. The van der Waals surface area contributed by atoms with Crippen molar-refractivity contribution < 1.29 is 4.79 Å². The summed E-state index contributed by atoms with van der Waals surface area (Å²) >= 11 is 0. The van der Waals surface area contributed by atoms with E-state index >= 15 is 0 Å². The summed E-state index contributed by atoms with van der Waals surface area (Å²) in [6.45, 7) is 3.13. The predicted octanol–water partition coefficient (Wildman–Crippen LogP) is 0.333. The molecule has 1 aromatic rings. The van der Waals surface area contributed by atoms with E-state index in [1.165, 1.54) is 11.6 Å². The van der Waals surface area contributed by atoms with Gasteiger partial charge >= 0.3 is 0 Å². The molecule has 5 nitrogen and oxygen atoms in total. The Morgan fingerprint density at radius 2 is 2.07 bits per heavy atom. The van der Waals surface area contributed by atoms with Gasteiger partial charge in [-0.2, -0.15) is 5.10 Å². The van der Waals surface area contributed by atoms with E-state index in [0.717, 1.165) is 0 Å². The third-order valence-corrected chi connectivity index (χ3v) is 2.02. The average molecular weight is 195 g/mol. The molecule has 1 aromatic heterocycles. The van der Waals surface area contributed by atoms with Gasteiger partial charge in [-0.3, -0.25) is 9.59 Å². The van der Waals surface area contributed by atoms with Crippen LogP contribution in [0, 0.1) is 6.92 Å². The molecule has 0 aliphatic carbocycles. The number of anilines is 1. The lowest BCUT2D eigenvalue weighted by Crippen LogP contribution is -2.26. The van der Waals surface area contributed by atoms with Crippen LogP contribution in [-0.2, 0) is 7.05 Å². The van der Waals surface area contributed by atoms with Gasteiger partial charge in [-0.25, -0.2) is 4.68 Å². The second kappa shape index (κ2) is 3.61. The number of Topliss-reactive ketones (excluding diaryl/α,β-unsaturated/α-hetero) is 1. The molecule has 1 heterocycles. The fourth-order valence-corrected chi connectivity index (χ4v) is 1.43. The minimum absolute atomic E-state index is 0.156. The molecule has 1 rings (SSSR count). The lowest BCUT2D eigenvalue weighted by Gasteiger charge is -2.09. The maximum Gasteiger partial charge on any atom is 0.290 e. The molecule has 1 N–H and O–H groups in total. The molecule has 0 saturated heterocycles. The molecule has 76 valence electrons. The molecule has 0 saturated carbocycles. The van der Waals surface area contributed by atoms with Crippen LogP contribution in [0.5, 0.6) is 0 Å². The molecule has 0 aromatic carbocycles. The van der Waals surface area contributed by atoms with Crippen molar-refractivity contribution >= 4 is 11.5 Å². The average Bonchev–Trinajstić information content (AvgIpc) is 2.09. The summed E-state index contributed by atoms with van der Waals surface area (Å²) in [5.74, 6) is -0.156. The molecular formula is C9H13N3O2. The van der Waals surface area contributed by atoms with Gasteiger partial charge in [0.05, 0.1) is 11.3 Å². The molecule has 0 unspecified atom stereocenters. The summed E-state index contributed by atoms with van der Waals surface area (Å²) in [7, 11) is 3.17. The summed E-state index contributed by atoms with van der Waals surface area (Å²) in [5.41, 5.74) is 0.954. The first-order chi connectivity index (χ1) is 6.49. The lowest BCUT2D eigenvalue weighted by atomic mass is 10.1. The normalized spacial score (nSPS) is 10.0. The fourth-order valence-electron chi connectivity index (χ4n) is 1.43. The zero-order valence-corrected chi connectivity index (χ0v) is 8.71. The molecule has 0 aliphatic heterocycles. The van der Waals surface area contributed by atoms with Gasteiger partial charge in [0, 0.05) is 14.1 Å². The molecule has 0 aliphatic rings. The van der Waals surface area contributed by atoms with Gasteiger partial charge in [0.2, 0.25) is 0 Å². The number of rotatable bonds is 2. The number of ketones is 1. The first-order valence-corrected chi connectivity index (χ1v) is 4.25. The topological polar surface area (TPSA) is 64.0 Å². The Labute approximate surface area is 81.7 Å². The lowest BCUT2D eigenvalue weighted by molar-refractivity contribution is 0.101. The van der Waals surface area contributed by atoms with Crippen LogP contribution in [0.1, 0.15) is 23.0 Å². The van der Waals surface area contributed by atoms with Crippen molar-refractivity contribution in [2.24, 2.45) is 7.05 Å². The Morgan fingerprint density at radius 1 is 1.50 bits per heavy atom. The van der Waals surface area contributed by atoms with Crippen molar-refractivity contribution in [1.82, 2.24) is 9.78 Å². The SMILES string of the molecule is CNc1c(C(C)=O)c(C)nn(C)c1=O. The number of hydrogen-bond acceptors (Lipinski definition) is 4. The van der Waals surface area contributed by atoms with Crippen LogP contribution in [0.15, 0.2) is 4.79 Å². The molecule has 0 amide bonds. The van der Waals surface area contributed by atoms with Crippen molar-refractivity contribution in [2.75, 3.05) is 12.4 Å². The van der Waals surface area contributed by atoms with Gasteiger partial charge in [0.1, 0.15) is 5.69 Å². The van der Waals surface area contributed by atoms with Gasteiger partial charge in [0.15, 0.2) is 5.78 Å². The van der Waals surface area contributed by atoms with E-state index in [9.17, 15) is 9.59 Å². The van der Waals surface area contributed by atoms with E-state index in [4.69, 9.17) is 0 Å². The van der Waals surface area contributed by atoms with E-state index in [2.05, 4.69) is 10.4 Å². The zero-order chi connectivity index (χ0) is 10.9. The van der Waals surface area contributed by atoms with E-state index in [1.54, 1.807) is 21.0 Å². The summed E-state index contributed by atoms with van der Waals surface area (Å²) < 4.78 is 1.22. The molecule has 0 spiro atoms.